The summed E-state index contributed by atoms with van der Waals surface area (Å²) in [6, 6.07) is 5.87. The van der Waals surface area contributed by atoms with E-state index in [4.69, 9.17) is 11.6 Å². The Morgan fingerprint density at radius 3 is 2.77 bits per heavy atom. The molecule has 2 N–H and O–H groups in total. The summed E-state index contributed by atoms with van der Waals surface area (Å²) in [6.45, 7) is 4.16. The van der Waals surface area contributed by atoms with Crippen LogP contribution in [0.5, 0.6) is 0 Å². The third kappa shape index (κ3) is 3.49. The van der Waals surface area contributed by atoms with E-state index >= 15 is 0 Å². The third-order valence-corrected chi connectivity index (χ3v) is 4.51. The second-order valence-corrected chi connectivity index (χ2v) is 6.07. The summed E-state index contributed by atoms with van der Waals surface area (Å²) in [6.07, 6.45) is 2.03. The van der Waals surface area contributed by atoms with Crippen molar-refractivity contribution in [3.05, 3.63) is 33.7 Å². The molecule has 1 aromatic heterocycles. The van der Waals surface area contributed by atoms with E-state index in [1.807, 2.05) is 29.8 Å². The van der Waals surface area contributed by atoms with Crippen molar-refractivity contribution in [3.63, 3.8) is 0 Å². The van der Waals surface area contributed by atoms with E-state index in [0.717, 1.165) is 50.1 Å². The number of halogens is 2. The Kier molecular flexibility index (Phi) is 5.92. The number of benzene rings is 1. The van der Waals surface area contributed by atoms with Gasteiger partial charge in [0.2, 0.25) is 0 Å². The van der Waals surface area contributed by atoms with Gasteiger partial charge in [0.1, 0.15) is 0 Å². The molecule has 3 rings (SSSR count). The summed E-state index contributed by atoms with van der Waals surface area (Å²) < 4.78 is 1.90. The van der Waals surface area contributed by atoms with Crippen molar-refractivity contribution in [1.29, 1.82) is 0 Å². The van der Waals surface area contributed by atoms with Crippen LogP contribution in [-0.4, -0.2) is 47.7 Å². The van der Waals surface area contributed by atoms with Gasteiger partial charge in [0.15, 0.2) is 0 Å². The highest BCUT2D eigenvalue weighted by molar-refractivity contribution is 6.31. The first-order valence-electron chi connectivity index (χ1n) is 7.46. The molecule has 2 aromatic rings. The largest absolute Gasteiger partial charge is 0.326 e. The molecule has 0 aliphatic carbocycles. The Balaban J connectivity index is 0.00000176. The molecule has 22 heavy (non-hydrogen) atoms. The van der Waals surface area contributed by atoms with Gasteiger partial charge >= 0.3 is 5.69 Å². The van der Waals surface area contributed by atoms with E-state index < -0.39 is 0 Å². The van der Waals surface area contributed by atoms with Crippen molar-refractivity contribution in [2.24, 2.45) is 0 Å². The van der Waals surface area contributed by atoms with Crippen LogP contribution in [0.25, 0.3) is 11.0 Å². The quantitative estimate of drug-likeness (QED) is 0.894. The van der Waals surface area contributed by atoms with Gasteiger partial charge in [-0.2, -0.15) is 0 Å². The second kappa shape index (κ2) is 7.51. The van der Waals surface area contributed by atoms with Crippen molar-refractivity contribution in [2.75, 3.05) is 33.2 Å². The lowest BCUT2D eigenvalue weighted by atomic mass is 10.0. The van der Waals surface area contributed by atoms with Gasteiger partial charge in [-0.25, -0.2) is 4.79 Å². The molecular formula is C15H22Cl2N4O. The van der Waals surface area contributed by atoms with Crippen molar-refractivity contribution in [3.8, 4) is 0 Å². The molecule has 122 valence electrons. The van der Waals surface area contributed by atoms with E-state index in [2.05, 4.69) is 15.2 Å². The lowest BCUT2D eigenvalue weighted by Gasteiger charge is -2.32. The molecule has 1 aromatic carbocycles. The minimum Gasteiger partial charge on any atom is -0.318 e. The van der Waals surface area contributed by atoms with Crippen LogP contribution < -0.4 is 11.0 Å². The van der Waals surface area contributed by atoms with Crippen LogP contribution in [-0.2, 0) is 0 Å². The van der Waals surface area contributed by atoms with Gasteiger partial charge in [-0.1, -0.05) is 11.6 Å². The first kappa shape index (κ1) is 17.3. The third-order valence-electron chi connectivity index (χ3n) is 4.28. The molecule has 0 bridgehead atoms. The molecule has 1 saturated heterocycles. The average molecular weight is 345 g/mol. The number of imidazole rings is 1. The molecule has 7 heteroatoms. The summed E-state index contributed by atoms with van der Waals surface area (Å²) >= 11 is 5.99. The summed E-state index contributed by atoms with van der Waals surface area (Å²) in [4.78, 5) is 17.6. The number of rotatable bonds is 4. The highest BCUT2D eigenvalue weighted by atomic mass is 35.5. The normalized spacial score (nSPS) is 16.8. The number of likely N-dealkylation sites (N-methyl/N-ethyl adjacent to an activating group) is 1. The lowest BCUT2D eigenvalue weighted by molar-refractivity contribution is 0.188. The van der Waals surface area contributed by atoms with E-state index in [9.17, 15) is 4.79 Å². The zero-order chi connectivity index (χ0) is 14.8. The number of nitrogens with one attached hydrogen (secondary N) is 2. The molecule has 0 radical (unpaired) electrons. The number of aromatic nitrogens is 2. The van der Waals surface area contributed by atoms with Gasteiger partial charge in [0.05, 0.1) is 11.0 Å². The molecule has 5 nitrogen and oxygen atoms in total. The zero-order valence-electron chi connectivity index (χ0n) is 12.6. The van der Waals surface area contributed by atoms with Crippen LogP contribution in [0.3, 0.4) is 0 Å². The second-order valence-electron chi connectivity index (χ2n) is 5.64. The van der Waals surface area contributed by atoms with Crippen molar-refractivity contribution < 1.29 is 0 Å². The van der Waals surface area contributed by atoms with Gasteiger partial charge in [-0.3, -0.25) is 4.57 Å². The van der Waals surface area contributed by atoms with Crippen LogP contribution >= 0.6 is 24.0 Å². The number of aromatic amines is 1. The van der Waals surface area contributed by atoms with E-state index in [1.54, 1.807) is 0 Å². The number of likely N-dealkylation sites (tertiary alicyclic amines) is 1. The van der Waals surface area contributed by atoms with Gasteiger partial charge in [0.25, 0.3) is 0 Å². The fourth-order valence-electron chi connectivity index (χ4n) is 3.14. The molecule has 2 heterocycles. The molecule has 0 spiro atoms. The fraction of sp³-hybridized carbons (Fsp3) is 0.533. The number of fused-ring (bicyclic) bond motifs is 1. The van der Waals surface area contributed by atoms with E-state index in [0.29, 0.717) is 5.02 Å². The Morgan fingerprint density at radius 1 is 1.36 bits per heavy atom. The van der Waals surface area contributed by atoms with Gasteiger partial charge in [-0.05, 0) is 38.1 Å². The SMILES string of the molecule is CNCCN1CCC(n2c(=O)[nH]c3cc(Cl)ccc32)CC1.Cl. The van der Waals surface area contributed by atoms with E-state index in [-0.39, 0.29) is 24.1 Å². The summed E-state index contributed by atoms with van der Waals surface area (Å²) in [5.74, 6) is 0. The van der Waals surface area contributed by atoms with Crippen LogP contribution in [0.15, 0.2) is 23.0 Å². The predicted octanol–water partition coefficient (Wildman–Crippen LogP) is 2.26. The van der Waals surface area contributed by atoms with Crippen LogP contribution in [0.2, 0.25) is 5.02 Å². The minimum absolute atomic E-state index is 0. The summed E-state index contributed by atoms with van der Waals surface area (Å²) in [5.41, 5.74) is 1.75. The monoisotopic (exact) mass is 344 g/mol. The predicted molar refractivity (Wildman–Crippen MR) is 93.5 cm³/mol. The van der Waals surface area contributed by atoms with Crippen LogP contribution in [0.4, 0.5) is 0 Å². The Hall–Kier alpha value is -1.01. The summed E-state index contributed by atoms with van der Waals surface area (Å²) in [7, 11) is 1.98. The number of piperidine rings is 1. The molecule has 1 fully saturated rings. The first-order chi connectivity index (χ1) is 10.2. The molecule has 0 amide bonds. The van der Waals surface area contributed by atoms with Gasteiger partial charge < -0.3 is 15.2 Å². The van der Waals surface area contributed by atoms with Crippen LogP contribution in [0, 0.1) is 0 Å². The Morgan fingerprint density at radius 2 is 2.09 bits per heavy atom. The molecular weight excluding hydrogens is 323 g/mol. The maximum absolute atomic E-state index is 12.2. The highest BCUT2D eigenvalue weighted by Gasteiger charge is 2.23. The topological polar surface area (TPSA) is 53.1 Å². The molecule has 0 saturated carbocycles. The van der Waals surface area contributed by atoms with Crippen molar-refractivity contribution in [1.82, 2.24) is 19.8 Å². The molecule has 0 atom stereocenters. The average Bonchev–Trinajstić information content (AvgIpc) is 2.80. The maximum Gasteiger partial charge on any atom is 0.326 e. The lowest BCUT2D eigenvalue weighted by Crippen LogP contribution is -2.39. The minimum atomic E-state index is -0.0269. The number of hydrogen-bond donors (Lipinski definition) is 2. The smallest absolute Gasteiger partial charge is 0.318 e. The van der Waals surface area contributed by atoms with E-state index in [1.165, 1.54) is 0 Å². The van der Waals surface area contributed by atoms with Gasteiger partial charge in [0, 0.05) is 37.2 Å². The van der Waals surface area contributed by atoms with Crippen molar-refractivity contribution in [2.45, 2.75) is 18.9 Å². The molecule has 1 aliphatic rings. The Bertz CT molecular complexity index is 674. The standard InChI is InChI=1S/C15H21ClN4O.ClH/c1-17-6-9-19-7-4-12(5-8-19)20-14-3-2-11(16)10-13(14)18-15(20)21;/h2-3,10,12,17H,4-9H2,1H3,(H,18,21);1H. The summed E-state index contributed by atoms with van der Waals surface area (Å²) in [5, 5.41) is 3.83. The first-order valence-corrected chi connectivity index (χ1v) is 7.83. The molecule has 0 unspecified atom stereocenters. The van der Waals surface area contributed by atoms with Crippen LogP contribution in [0.1, 0.15) is 18.9 Å². The number of hydrogen-bond acceptors (Lipinski definition) is 3. The highest BCUT2D eigenvalue weighted by Crippen LogP contribution is 2.25. The maximum atomic E-state index is 12.2. The fourth-order valence-corrected chi connectivity index (χ4v) is 3.31. The van der Waals surface area contributed by atoms with Gasteiger partial charge in [-0.15, -0.1) is 12.4 Å². The number of nitrogens with zero attached hydrogens (tertiary/aromatic N) is 2. The molecule has 1 aliphatic heterocycles. The van der Waals surface area contributed by atoms with Crippen molar-refractivity contribution >= 4 is 35.0 Å². The number of H-pyrrole nitrogens is 1. The Labute approximate surface area is 141 Å². The zero-order valence-corrected chi connectivity index (χ0v) is 14.2.